The molecule has 0 saturated carbocycles. The maximum atomic E-state index is 4.30. The van der Waals surface area contributed by atoms with Gasteiger partial charge in [-0.15, -0.1) is 11.3 Å². The highest BCUT2D eigenvalue weighted by molar-refractivity contribution is 7.11. The summed E-state index contributed by atoms with van der Waals surface area (Å²) >= 11 is 1.89. The Labute approximate surface area is 116 Å². The first-order chi connectivity index (χ1) is 9.36. The Morgan fingerprint density at radius 2 is 2.11 bits per heavy atom. The number of thiophene rings is 1. The fourth-order valence-electron chi connectivity index (χ4n) is 2.19. The topological polar surface area (TPSA) is 40.7 Å². The Hall–Kier alpha value is -1.65. The molecule has 3 aromatic heterocycles. The molecule has 0 aliphatic rings. The van der Waals surface area contributed by atoms with Crippen molar-refractivity contribution in [1.82, 2.24) is 15.3 Å². The fourth-order valence-corrected chi connectivity index (χ4v) is 3.11. The van der Waals surface area contributed by atoms with E-state index in [1.54, 1.807) is 0 Å². The summed E-state index contributed by atoms with van der Waals surface area (Å²) in [6.45, 7) is 3.99. The lowest BCUT2D eigenvalue weighted by atomic mass is 10.2. The van der Waals surface area contributed by atoms with Gasteiger partial charge < -0.3 is 10.3 Å². The molecule has 98 valence electrons. The second kappa shape index (κ2) is 5.55. The van der Waals surface area contributed by atoms with Crippen LogP contribution >= 0.6 is 11.3 Å². The molecule has 0 aliphatic carbocycles. The van der Waals surface area contributed by atoms with Crippen LogP contribution < -0.4 is 5.32 Å². The van der Waals surface area contributed by atoms with Crippen molar-refractivity contribution in [3.63, 3.8) is 0 Å². The number of pyridine rings is 1. The van der Waals surface area contributed by atoms with Crippen LogP contribution in [0.2, 0.25) is 0 Å². The van der Waals surface area contributed by atoms with E-state index in [0.29, 0.717) is 0 Å². The van der Waals surface area contributed by atoms with Crippen molar-refractivity contribution in [3.8, 4) is 0 Å². The van der Waals surface area contributed by atoms with Gasteiger partial charge in [0.15, 0.2) is 0 Å². The van der Waals surface area contributed by atoms with Crippen molar-refractivity contribution in [2.24, 2.45) is 0 Å². The zero-order valence-corrected chi connectivity index (χ0v) is 11.8. The molecular weight excluding hydrogens is 254 g/mol. The van der Waals surface area contributed by atoms with Gasteiger partial charge in [0.05, 0.1) is 0 Å². The van der Waals surface area contributed by atoms with Gasteiger partial charge in [-0.1, -0.05) is 6.92 Å². The molecule has 0 spiro atoms. The summed E-state index contributed by atoms with van der Waals surface area (Å²) < 4.78 is 0. The van der Waals surface area contributed by atoms with Crippen LogP contribution in [0.5, 0.6) is 0 Å². The lowest BCUT2D eigenvalue weighted by molar-refractivity contribution is 0.704. The summed E-state index contributed by atoms with van der Waals surface area (Å²) in [5.74, 6) is 0. The van der Waals surface area contributed by atoms with Crippen LogP contribution in [0.1, 0.15) is 22.2 Å². The van der Waals surface area contributed by atoms with Gasteiger partial charge in [0, 0.05) is 40.6 Å². The lowest BCUT2D eigenvalue weighted by Crippen LogP contribution is -2.11. The van der Waals surface area contributed by atoms with E-state index in [1.807, 2.05) is 29.8 Å². The molecule has 0 amide bonds. The van der Waals surface area contributed by atoms with E-state index in [-0.39, 0.29) is 0 Å². The number of aromatic nitrogens is 2. The average molecular weight is 271 g/mol. The van der Waals surface area contributed by atoms with Gasteiger partial charge in [0.1, 0.15) is 5.65 Å². The predicted octanol–water partition coefficient (Wildman–Crippen LogP) is 3.48. The number of H-pyrrole nitrogens is 1. The van der Waals surface area contributed by atoms with Crippen LogP contribution in [-0.4, -0.2) is 9.97 Å². The summed E-state index contributed by atoms with van der Waals surface area (Å²) in [5.41, 5.74) is 2.24. The van der Waals surface area contributed by atoms with Crippen molar-refractivity contribution < 1.29 is 0 Å². The Kier molecular flexibility index (Phi) is 3.62. The minimum absolute atomic E-state index is 0.866. The van der Waals surface area contributed by atoms with Crippen LogP contribution in [0.25, 0.3) is 11.0 Å². The van der Waals surface area contributed by atoms with Crippen molar-refractivity contribution in [3.05, 3.63) is 52.0 Å². The molecule has 4 heteroatoms. The number of aryl methyl sites for hydroxylation is 1. The van der Waals surface area contributed by atoms with Gasteiger partial charge in [-0.2, -0.15) is 0 Å². The molecule has 3 heterocycles. The van der Waals surface area contributed by atoms with Crippen LogP contribution in [-0.2, 0) is 19.5 Å². The molecule has 3 rings (SSSR count). The smallest absolute Gasteiger partial charge is 0.137 e. The molecule has 0 atom stereocenters. The minimum Gasteiger partial charge on any atom is -0.346 e. The summed E-state index contributed by atoms with van der Waals surface area (Å²) in [6, 6.07) is 8.52. The molecule has 0 saturated heterocycles. The van der Waals surface area contributed by atoms with Crippen LogP contribution in [0.15, 0.2) is 36.7 Å². The molecule has 2 N–H and O–H groups in total. The third-order valence-electron chi connectivity index (χ3n) is 3.22. The van der Waals surface area contributed by atoms with Crippen molar-refractivity contribution in [1.29, 1.82) is 0 Å². The molecule has 3 aromatic rings. The second-order valence-electron chi connectivity index (χ2n) is 4.54. The molecule has 3 nitrogen and oxygen atoms in total. The van der Waals surface area contributed by atoms with E-state index in [9.17, 15) is 0 Å². The first-order valence-electron chi connectivity index (χ1n) is 6.56. The van der Waals surface area contributed by atoms with Crippen LogP contribution in [0.3, 0.4) is 0 Å². The van der Waals surface area contributed by atoms with E-state index < -0.39 is 0 Å². The molecule has 0 aliphatic heterocycles. The number of rotatable bonds is 5. The number of hydrogen-bond acceptors (Lipinski definition) is 3. The maximum Gasteiger partial charge on any atom is 0.137 e. The minimum atomic E-state index is 0.866. The maximum absolute atomic E-state index is 4.30. The highest BCUT2D eigenvalue weighted by Crippen LogP contribution is 2.18. The summed E-state index contributed by atoms with van der Waals surface area (Å²) in [7, 11) is 0. The monoisotopic (exact) mass is 271 g/mol. The molecule has 19 heavy (non-hydrogen) atoms. The van der Waals surface area contributed by atoms with Crippen LogP contribution in [0, 0.1) is 0 Å². The first-order valence-corrected chi connectivity index (χ1v) is 7.37. The van der Waals surface area contributed by atoms with Gasteiger partial charge in [-0.3, -0.25) is 0 Å². The average Bonchev–Trinajstić information content (AvgIpc) is 3.06. The summed E-state index contributed by atoms with van der Waals surface area (Å²) in [4.78, 5) is 10.4. The van der Waals surface area contributed by atoms with E-state index in [0.717, 1.165) is 25.2 Å². The number of nitrogens with one attached hydrogen (secondary N) is 2. The molecular formula is C15H17N3S. The number of nitrogens with zero attached hydrogens (tertiary/aromatic N) is 1. The van der Waals surface area contributed by atoms with E-state index in [2.05, 4.69) is 40.4 Å². The Bertz CT molecular complexity index is 669. The van der Waals surface area contributed by atoms with E-state index >= 15 is 0 Å². The van der Waals surface area contributed by atoms with Gasteiger partial charge in [0.25, 0.3) is 0 Å². The summed E-state index contributed by atoms with van der Waals surface area (Å²) in [6.07, 6.45) is 4.98. The van der Waals surface area contributed by atoms with Gasteiger partial charge in [0.2, 0.25) is 0 Å². The van der Waals surface area contributed by atoms with Crippen molar-refractivity contribution >= 4 is 22.4 Å². The molecule has 0 unspecified atom stereocenters. The zero-order chi connectivity index (χ0) is 13.1. The Balaban J connectivity index is 1.63. The Morgan fingerprint density at radius 3 is 2.95 bits per heavy atom. The van der Waals surface area contributed by atoms with E-state index in [4.69, 9.17) is 0 Å². The number of aromatic amines is 1. The van der Waals surface area contributed by atoms with Gasteiger partial charge in [-0.05, 0) is 36.2 Å². The van der Waals surface area contributed by atoms with Crippen LogP contribution in [0.4, 0.5) is 0 Å². The largest absolute Gasteiger partial charge is 0.346 e. The predicted molar refractivity (Wildman–Crippen MR) is 80.3 cm³/mol. The van der Waals surface area contributed by atoms with E-state index in [1.165, 1.54) is 20.7 Å². The van der Waals surface area contributed by atoms with Crippen molar-refractivity contribution in [2.45, 2.75) is 26.4 Å². The number of hydrogen-bond donors (Lipinski definition) is 2. The van der Waals surface area contributed by atoms with Gasteiger partial charge >= 0.3 is 0 Å². The zero-order valence-electron chi connectivity index (χ0n) is 10.9. The third-order valence-corrected chi connectivity index (χ3v) is 4.45. The number of fused-ring (bicyclic) bond motifs is 1. The molecule has 0 aromatic carbocycles. The lowest BCUT2D eigenvalue weighted by Gasteiger charge is -2.01. The molecule has 0 fully saturated rings. The molecule has 0 radical (unpaired) electrons. The summed E-state index contributed by atoms with van der Waals surface area (Å²) in [5, 5.41) is 4.70. The third kappa shape index (κ3) is 2.69. The highest BCUT2D eigenvalue weighted by atomic mass is 32.1. The van der Waals surface area contributed by atoms with Crippen molar-refractivity contribution in [2.75, 3.05) is 0 Å². The van der Waals surface area contributed by atoms with Gasteiger partial charge in [-0.25, -0.2) is 4.98 Å². The second-order valence-corrected chi connectivity index (χ2v) is 5.79. The highest BCUT2D eigenvalue weighted by Gasteiger charge is 2.04. The molecule has 0 bridgehead atoms. The first kappa shape index (κ1) is 12.4. The SMILES string of the molecule is CCc1ccc(CNCc2c[nH]c3ncccc23)s1. The normalized spacial score (nSPS) is 11.2. The quantitative estimate of drug-likeness (QED) is 0.746. The Morgan fingerprint density at radius 1 is 1.21 bits per heavy atom. The fraction of sp³-hybridized carbons (Fsp3) is 0.267. The standard InChI is InChI=1S/C15H17N3S/c1-2-12-5-6-13(19-12)10-16-8-11-9-18-15-14(11)4-3-7-17-15/h3-7,9,16H,2,8,10H2,1H3,(H,17,18).